The topological polar surface area (TPSA) is 16.4 Å². The van der Waals surface area contributed by atoms with Gasteiger partial charge < -0.3 is 9.32 Å². The SMILES string of the molecule is CC1(C)c2ccccc2-c2c1ccc1c2oc2c1ccc1sc3c(N(c4ccccc4)c4ccccc4)cccc3c12. The number of fused-ring (bicyclic) bond motifs is 11. The maximum absolute atomic E-state index is 6.99. The lowest BCUT2D eigenvalue weighted by Crippen LogP contribution is -2.14. The van der Waals surface area contributed by atoms with E-state index >= 15 is 0 Å². The molecule has 2 heterocycles. The summed E-state index contributed by atoms with van der Waals surface area (Å²) in [5, 5.41) is 4.79. The zero-order valence-electron chi connectivity index (χ0n) is 23.4. The smallest absolute Gasteiger partial charge is 0.144 e. The molecule has 1 aliphatic rings. The summed E-state index contributed by atoms with van der Waals surface area (Å²) < 4.78 is 9.48. The Morgan fingerprint density at radius 3 is 2.00 bits per heavy atom. The lowest BCUT2D eigenvalue weighted by Gasteiger charge is -2.25. The third-order valence-corrected chi connectivity index (χ3v) is 10.3. The molecule has 0 radical (unpaired) electrons. The van der Waals surface area contributed by atoms with Gasteiger partial charge in [0.1, 0.15) is 11.2 Å². The second kappa shape index (κ2) is 8.58. The third-order valence-electron chi connectivity index (χ3n) is 9.06. The van der Waals surface area contributed by atoms with Gasteiger partial charge in [-0.25, -0.2) is 0 Å². The van der Waals surface area contributed by atoms with Crippen molar-refractivity contribution >= 4 is 70.5 Å². The van der Waals surface area contributed by atoms with Crippen molar-refractivity contribution < 1.29 is 4.42 Å². The fraction of sp³-hybridized carbons (Fsp3) is 0.0769. The zero-order chi connectivity index (χ0) is 28.0. The largest absolute Gasteiger partial charge is 0.455 e. The summed E-state index contributed by atoms with van der Waals surface area (Å²) in [7, 11) is 0. The van der Waals surface area contributed by atoms with Gasteiger partial charge in [-0.2, -0.15) is 0 Å². The molecule has 0 fully saturated rings. The average Bonchev–Trinajstić information content (AvgIpc) is 3.67. The van der Waals surface area contributed by atoms with Crippen molar-refractivity contribution in [3.8, 4) is 11.1 Å². The second-order valence-corrected chi connectivity index (χ2v) is 12.8. The molecule has 200 valence electrons. The molecule has 8 aromatic rings. The van der Waals surface area contributed by atoms with Gasteiger partial charge in [-0.15, -0.1) is 11.3 Å². The van der Waals surface area contributed by atoms with Crippen molar-refractivity contribution in [2.24, 2.45) is 0 Å². The number of para-hydroxylation sites is 2. The van der Waals surface area contributed by atoms with Crippen molar-refractivity contribution in [3.63, 3.8) is 0 Å². The lowest BCUT2D eigenvalue weighted by atomic mass is 9.82. The Bertz CT molecular complexity index is 2290. The maximum Gasteiger partial charge on any atom is 0.144 e. The lowest BCUT2D eigenvalue weighted by molar-refractivity contribution is 0.654. The summed E-state index contributed by atoms with van der Waals surface area (Å²) in [4.78, 5) is 2.36. The van der Waals surface area contributed by atoms with Crippen molar-refractivity contribution in [2.75, 3.05) is 4.90 Å². The first-order chi connectivity index (χ1) is 20.6. The van der Waals surface area contributed by atoms with Crippen LogP contribution in [0.2, 0.25) is 0 Å². The number of benzene rings is 6. The van der Waals surface area contributed by atoms with E-state index in [9.17, 15) is 0 Å². The molecule has 2 aromatic heterocycles. The number of rotatable bonds is 3. The van der Waals surface area contributed by atoms with E-state index in [2.05, 4.69) is 146 Å². The Morgan fingerprint density at radius 1 is 0.571 bits per heavy atom. The summed E-state index contributed by atoms with van der Waals surface area (Å²) in [6.07, 6.45) is 0. The van der Waals surface area contributed by atoms with Gasteiger partial charge in [0.05, 0.1) is 10.4 Å². The highest BCUT2D eigenvalue weighted by molar-refractivity contribution is 7.26. The van der Waals surface area contributed by atoms with Crippen molar-refractivity contribution in [3.05, 3.63) is 139 Å². The van der Waals surface area contributed by atoms with E-state index in [1.165, 1.54) is 58.9 Å². The fourth-order valence-corrected chi connectivity index (χ4v) is 8.31. The molecule has 0 saturated heterocycles. The number of anilines is 3. The van der Waals surface area contributed by atoms with Crippen LogP contribution in [0.4, 0.5) is 17.1 Å². The first-order valence-corrected chi connectivity index (χ1v) is 15.3. The zero-order valence-corrected chi connectivity index (χ0v) is 24.2. The standard InChI is InChI=1S/C39H27NOS/c1-39(2)30-18-10-9-16-28(30)34-31(39)22-20-26-27-21-23-33-35(37(27)41-36(26)34)29-17-11-19-32(38(29)42-33)40(24-12-5-3-6-13-24)25-14-7-4-8-15-25/h3-23H,1-2H3. The average molecular weight is 558 g/mol. The molecule has 3 heteroatoms. The van der Waals surface area contributed by atoms with Crippen LogP contribution in [0, 0.1) is 0 Å². The highest BCUT2D eigenvalue weighted by Gasteiger charge is 2.37. The fourth-order valence-electron chi connectivity index (χ4n) is 7.10. The van der Waals surface area contributed by atoms with Gasteiger partial charge >= 0.3 is 0 Å². The molecule has 6 aromatic carbocycles. The van der Waals surface area contributed by atoms with Crippen LogP contribution in [-0.4, -0.2) is 0 Å². The Labute approximate surface area is 248 Å². The van der Waals surface area contributed by atoms with Gasteiger partial charge in [0.15, 0.2) is 0 Å². The molecule has 9 rings (SSSR count). The van der Waals surface area contributed by atoms with Crippen LogP contribution in [0.1, 0.15) is 25.0 Å². The first-order valence-electron chi connectivity index (χ1n) is 14.5. The Morgan fingerprint density at radius 2 is 1.24 bits per heavy atom. The number of hydrogen-bond donors (Lipinski definition) is 0. The predicted octanol–water partition coefficient (Wildman–Crippen LogP) is 11.7. The molecule has 0 saturated carbocycles. The van der Waals surface area contributed by atoms with E-state index < -0.39 is 0 Å². The van der Waals surface area contributed by atoms with Crippen LogP contribution in [0.3, 0.4) is 0 Å². The summed E-state index contributed by atoms with van der Waals surface area (Å²) in [6.45, 7) is 4.65. The molecule has 2 nitrogen and oxygen atoms in total. The quantitative estimate of drug-likeness (QED) is 0.215. The van der Waals surface area contributed by atoms with Crippen molar-refractivity contribution in [2.45, 2.75) is 19.3 Å². The second-order valence-electron chi connectivity index (χ2n) is 11.7. The van der Waals surface area contributed by atoms with Crippen LogP contribution in [0.15, 0.2) is 132 Å². The predicted molar refractivity (Wildman–Crippen MR) is 179 cm³/mol. The monoisotopic (exact) mass is 557 g/mol. The van der Waals surface area contributed by atoms with Crippen molar-refractivity contribution in [1.29, 1.82) is 0 Å². The Balaban J connectivity index is 1.35. The van der Waals surface area contributed by atoms with Gasteiger partial charge in [0.25, 0.3) is 0 Å². The molecule has 1 aliphatic carbocycles. The van der Waals surface area contributed by atoms with Gasteiger partial charge in [-0.1, -0.05) is 98.8 Å². The number of hydrogen-bond acceptors (Lipinski definition) is 3. The van der Waals surface area contributed by atoms with E-state index in [0.717, 1.165) is 22.5 Å². The minimum Gasteiger partial charge on any atom is -0.455 e. The molecular formula is C39H27NOS. The molecule has 0 bridgehead atoms. The van der Waals surface area contributed by atoms with Gasteiger partial charge in [-0.3, -0.25) is 0 Å². The van der Waals surface area contributed by atoms with E-state index in [1.54, 1.807) is 0 Å². The third kappa shape index (κ3) is 3.14. The van der Waals surface area contributed by atoms with Gasteiger partial charge in [0.2, 0.25) is 0 Å². The number of furan rings is 1. The number of thiophene rings is 1. The van der Waals surface area contributed by atoms with E-state index in [1.807, 2.05) is 11.3 Å². The summed E-state index contributed by atoms with van der Waals surface area (Å²) in [5.74, 6) is 0. The Kier molecular flexibility index (Phi) is 4.86. The summed E-state index contributed by atoms with van der Waals surface area (Å²) >= 11 is 1.84. The van der Waals surface area contributed by atoms with Crippen LogP contribution >= 0.6 is 11.3 Å². The van der Waals surface area contributed by atoms with Crippen LogP contribution in [0.25, 0.3) is 53.2 Å². The minimum absolute atomic E-state index is 0.0588. The van der Waals surface area contributed by atoms with E-state index in [4.69, 9.17) is 4.42 Å². The highest BCUT2D eigenvalue weighted by Crippen LogP contribution is 2.54. The molecule has 0 amide bonds. The molecule has 42 heavy (non-hydrogen) atoms. The van der Waals surface area contributed by atoms with E-state index in [0.29, 0.717) is 0 Å². The summed E-state index contributed by atoms with van der Waals surface area (Å²) in [5.41, 5.74) is 10.6. The van der Waals surface area contributed by atoms with Gasteiger partial charge in [0, 0.05) is 48.6 Å². The van der Waals surface area contributed by atoms with Crippen LogP contribution in [0.5, 0.6) is 0 Å². The molecule has 0 atom stereocenters. The first kappa shape index (κ1) is 23.8. The molecule has 0 N–H and O–H groups in total. The number of nitrogens with zero attached hydrogens (tertiary/aromatic N) is 1. The molecular weight excluding hydrogens is 531 g/mol. The molecule has 0 spiro atoms. The Hall–Kier alpha value is -4.86. The van der Waals surface area contributed by atoms with Gasteiger partial charge in [-0.05, 0) is 59.2 Å². The maximum atomic E-state index is 6.99. The highest BCUT2D eigenvalue weighted by atomic mass is 32.1. The molecule has 0 aliphatic heterocycles. The van der Waals surface area contributed by atoms with Crippen LogP contribution < -0.4 is 4.90 Å². The molecule has 0 unspecified atom stereocenters. The van der Waals surface area contributed by atoms with Crippen molar-refractivity contribution in [1.82, 2.24) is 0 Å². The van der Waals surface area contributed by atoms with E-state index in [-0.39, 0.29) is 5.41 Å². The summed E-state index contributed by atoms with van der Waals surface area (Å²) in [6, 6.07) is 45.9. The van der Waals surface area contributed by atoms with Crippen LogP contribution in [-0.2, 0) is 5.41 Å². The minimum atomic E-state index is -0.0588. The normalized spacial score (nSPS) is 13.7.